The van der Waals surface area contributed by atoms with Crippen LogP contribution in [0.25, 0.3) is 0 Å². The SMILES string of the molecule is Cc1c(N)ccc(=O)n1CC1CCOC1. The highest BCUT2D eigenvalue weighted by Gasteiger charge is 2.17. The largest absolute Gasteiger partial charge is 0.397 e. The first-order chi connectivity index (χ1) is 7.18. The van der Waals surface area contributed by atoms with Crippen molar-refractivity contribution in [1.29, 1.82) is 0 Å². The van der Waals surface area contributed by atoms with E-state index in [1.807, 2.05) is 6.92 Å². The second-order valence-electron chi connectivity index (χ2n) is 4.05. The molecule has 0 saturated carbocycles. The van der Waals surface area contributed by atoms with Crippen LogP contribution >= 0.6 is 0 Å². The zero-order valence-corrected chi connectivity index (χ0v) is 8.90. The van der Waals surface area contributed by atoms with Gasteiger partial charge in [-0.3, -0.25) is 4.79 Å². The topological polar surface area (TPSA) is 57.2 Å². The molecule has 1 fully saturated rings. The highest BCUT2D eigenvalue weighted by molar-refractivity contribution is 5.41. The Morgan fingerprint density at radius 3 is 3.07 bits per heavy atom. The molecule has 1 aromatic heterocycles. The number of hydrogen-bond donors (Lipinski definition) is 1. The van der Waals surface area contributed by atoms with E-state index >= 15 is 0 Å². The molecule has 1 unspecified atom stereocenters. The van der Waals surface area contributed by atoms with Gasteiger partial charge in [-0.25, -0.2) is 0 Å². The molecule has 0 spiro atoms. The van der Waals surface area contributed by atoms with Gasteiger partial charge in [-0.1, -0.05) is 0 Å². The molecule has 0 bridgehead atoms. The summed E-state index contributed by atoms with van der Waals surface area (Å²) in [6, 6.07) is 3.19. The second kappa shape index (κ2) is 4.06. The van der Waals surface area contributed by atoms with Crippen molar-refractivity contribution in [2.24, 2.45) is 5.92 Å². The number of ether oxygens (including phenoxy) is 1. The van der Waals surface area contributed by atoms with Crippen molar-refractivity contribution in [1.82, 2.24) is 4.57 Å². The summed E-state index contributed by atoms with van der Waals surface area (Å²) in [4.78, 5) is 11.6. The van der Waals surface area contributed by atoms with Crippen LogP contribution in [0.3, 0.4) is 0 Å². The van der Waals surface area contributed by atoms with Gasteiger partial charge >= 0.3 is 0 Å². The maximum absolute atomic E-state index is 11.6. The summed E-state index contributed by atoms with van der Waals surface area (Å²) in [5, 5.41) is 0. The molecule has 1 saturated heterocycles. The molecule has 82 valence electrons. The lowest BCUT2D eigenvalue weighted by Gasteiger charge is -2.14. The summed E-state index contributed by atoms with van der Waals surface area (Å²) < 4.78 is 7.04. The predicted octanol–water partition coefficient (Wildman–Crippen LogP) is 0.775. The van der Waals surface area contributed by atoms with Crippen molar-refractivity contribution < 1.29 is 4.74 Å². The van der Waals surface area contributed by atoms with Crippen LogP contribution in [0.2, 0.25) is 0 Å². The molecule has 1 aromatic rings. The summed E-state index contributed by atoms with van der Waals surface area (Å²) in [7, 11) is 0. The van der Waals surface area contributed by atoms with Gasteiger partial charge in [0, 0.05) is 30.8 Å². The van der Waals surface area contributed by atoms with E-state index in [1.165, 1.54) is 6.07 Å². The fraction of sp³-hybridized carbons (Fsp3) is 0.545. The van der Waals surface area contributed by atoms with Crippen LogP contribution in [0.4, 0.5) is 5.69 Å². The standard InChI is InChI=1S/C11H16N2O2/c1-8-10(12)2-3-11(14)13(8)6-9-4-5-15-7-9/h2-3,9H,4-7,12H2,1H3. The average molecular weight is 208 g/mol. The Hall–Kier alpha value is -1.29. The summed E-state index contributed by atoms with van der Waals surface area (Å²) >= 11 is 0. The zero-order chi connectivity index (χ0) is 10.8. The third-order valence-corrected chi connectivity index (χ3v) is 2.96. The van der Waals surface area contributed by atoms with Crippen molar-refractivity contribution in [3.8, 4) is 0 Å². The lowest BCUT2D eigenvalue weighted by molar-refractivity contribution is 0.182. The van der Waals surface area contributed by atoms with Crippen LogP contribution in [-0.4, -0.2) is 17.8 Å². The summed E-state index contributed by atoms with van der Waals surface area (Å²) in [5.74, 6) is 0.447. The number of nitrogens with two attached hydrogens (primary N) is 1. The molecule has 1 aliphatic heterocycles. The van der Waals surface area contributed by atoms with Crippen molar-refractivity contribution in [3.05, 3.63) is 28.2 Å². The molecule has 0 amide bonds. The quantitative estimate of drug-likeness (QED) is 0.781. The van der Waals surface area contributed by atoms with Crippen molar-refractivity contribution in [2.75, 3.05) is 18.9 Å². The third-order valence-electron chi connectivity index (χ3n) is 2.96. The monoisotopic (exact) mass is 208 g/mol. The van der Waals surface area contributed by atoms with E-state index < -0.39 is 0 Å². The molecule has 1 atom stereocenters. The normalized spacial score (nSPS) is 20.7. The van der Waals surface area contributed by atoms with Crippen LogP contribution in [0.15, 0.2) is 16.9 Å². The van der Waals surface area contributed by atoms with E-state index in [0.29, 0.717) is 11.6 Å². The van der Waals surface area contributed by atoms with Gasteiger partial charge in [0.1, 0.15) is 0 Å². The maximum atomic E-state index is 11.6. The average Bonchev–Trinajstić information content (AvgIpc) is 2.71. The first kappa shape index (κ1) is 10.2. The second-order valence-corrected chi connectivity index (χ2v) is 4.05. The Morgan fingerprint density at radius 1 is 1.60 bits per heavy atom. The molecule has 1 aliphatic rings. The Labute approximate surface area is 88.7 Å². The van der Waals surface area contributed by atoms with Gasteiger partial charge in [0.05, 0.1) is 12.3 Å². The smallest absolute Gasteiger partial charge is 0.250 e. The first-order valence-electron chi connectivity index (χ1n) is 5.22. The number of anilines is 1. The first-order valence-corrected chi connectivity index (χ1v) is 5.22. The Bertz CT molecular complexity index is 406. The number of pyridine rings is 1. The van der Waals surface area contributed by atoms with E-state index in [1.54, 1.807) is 10.6 Å². The van der Waals surface area contributed by atoms with Gasteiger partial charge in [0.25, 0.3) is 5.56 Å². The summed E-state index contributed by atoms with van der Waals surface area (Å²) in [6.07, 6.45) is 1.03. The van der Waals surface area contributed by atoms with Crippen LogP contribution < -0.4 is 11.3 Å². The maximum Gasteiger partial charge on any atom is 0.250 e. The van der Waals surface area contributed by atoms with Crippen LogP contribution in [-0.2, 0) is 11.3 Å². The van der Waals surface area contributed by atoms with E-state index in [0.717, 1.165) is 31.9 Å². The van der Waals surface area contributed by atoms with Gasteiger partial charge in [-0.05, 0) is 19.4 Å². The van der Waals surface area contributed by atoms with Crippen molar-refractivity contribution in [2.45, 2.75) is 19.9 Å². The Kier molecular flexibility index (Phi) is 2.77. The Balaban J connectivity index is 2.26. The molecular formula is C11H16N2O2. The minimum absolute atomic E-state index is 0.0219. The zero-order valence-electron chi connectivity index (χ0n) is 8.90. The number of nitrogen functional groups attached to an aromatic ring is 1. The molecule has 2 heterocycles. The minimum Gasteiger partial charge on any atom is -0.397 e. The highest BCUT2D eigenvalue weighted by atomic mass is 16.5. The van der Waals surface area contributed by atoms with Gasteiger partial charge in [0.2, 0.25) is 0 Å². The van der Waals surface area contributed by atoms with E-state index in [-0.39, 0.29) is 5.56 Å². The fourth-order valence-electron chi connectivity index (χ4n) is 1.91. The molecule has 2 N–H and O–H groups in total. The van der Waals surface area contributed by atoms with Crippen molar-refractivity contribution in [3.63, 3.8) is 0 Å². The van der Waals surface area contributed by atoms with Gasteiger partial charge in [0.15, 0.2) is 0 Å². The van der Waals surface area contributed by atoms with Gasteiger partial charge in [-0.2, -0.15) is 0 Å². The van der Waals surface area contributed by atoms with Crippen LogP contribution in [0.5, 0.6) is 0 Å². The summed E-state index contributed by atoms with van der Waals surface area (Å²) in [6.45, 7) is 4.16. The molecule has 0 aromatic carbocycles. The van der Waals surface area contributed by atoms with E-state index in [9.17, 15) is 4.79 Å². The fourth-order valence-corrected chi connectivity index (χ4v) is 1.91. The number of aromatic nitrogens is 1. The molecule has 15 heavy (non-hydrogen) atoms. The minimum atomic E-state index is 0.0219. The molecule has 4 heteroatoms. The van der Waals surface area contributed by atoms with Gasteiger partial charge < -0.3 is 15.0 Å². The molecule has 0 aliphatic carbocycles. The van der Waals surface area contributed by atoms with E-state index in [4.69, 9.17) is 10.5 Å². The van der Waals surface area contributed by atoms with Crippen LogP contribution in [0, 0.1) is 12.8 Å². The lowest BCUT2D eigenvalue weighted by Crippen LogP contribution is -2.26. The molecule has 0 radical (unpaired) electrons. The Morgan fingerprint density at radius 2 is 2.40 bits per heavy atom. The molecular weight excluding hydrogens is 192 g/mol. The van der Waals surface area contributed by atoms with E-state index in [2.05, 4.69) is 0 Å². The number of hydrogen-bond acceptors (Lipinski definition) is 3. The number of nitrogens with zero attached hydrogens (tertiary/aromatic N) is 1. The van der Waals surface area contributed by atoms with Crippen LogP contribution in [0.1, 0.15) is 12.1 Å². The summed E-state index contributed by atoms with van der Waals surface area (Å²) in [5.41, 5.74) is 7.33. The predicted molar refractivity (Wildman–Crippen MR) is 58.8 cm³/mol. The molecule has 4 nitrogen and oxygen atoms in total. The van der Waals surface area contributed by atoms with Crippen molar-refractivity contribution >= 4 is 5.69 Å². The third kappa shape index (κ3) is 2.04. The highest BCUT2D eigenvalue weighted by Crippen LogP contribution is 2.16. The number of rotatable bonds is 2. The van der Waals surface area contributed by atoms with Gasteiger partial charge in [-0.15, -0.1) is 0 Å². The lowest BCUT2D eigenvalue weighted by atomic mass is 10.1. The molecule has 2 rings (SSSR count).